The molecule has 0 saturated carbocycles. The molecule has 3 nitrogen and oxygen atoms in total. The lowest BCUT2D eigenvalue weighted by Crippen LogP contribution is -1.97. The number of hydrogen-bond acceptors (Lipinski definition) is 2. The minimum Gasteiger partial charge on any atom is -0.282 e. The monoisotopic (exact) mass is 260 g/mol. The first-order valence-electron chi connectivity index (χ1n) is 5.36. The Bertz CT molecular complexity index is 658. The van der Waals surface area contributed by atoms with E-state index in [-0.39, 0.29) is 4.90 Å². The summed E-state index contributed by atoms with van der Waals surface area (Å²) in [5, 5.41) is 0. The summed E-state index contributed by atoms with van der Waals surface area (Å²) < 4.78 is 30.9. The van der Waals surface area contributed by atoms with Crippen molar-refractivity contribution in [2.75, 3.05) is 0 Å². The molecule has 0 heterocycles. The van der Waals surface area contributed by atoms with Crippen LogP contribution in [0.2, 0.25) is 0 Å². The van der Waals surface area contributed by atoms with Crippen LogP contribution < -0.4 is 0 Å². The van der Waals surface area contributed by atoms with Crippen LogP contribution in [0.4, 0.5) is 0 Å². The van der Waals surface area contributed by atoms with Gasteiger partial charge in [-0.25, -0.2) is 0 Å². The number of rotatable bonds is 3. The summed E-state index contributed by atoms with van der Waals surface area (Å²) in [6, 6.07) is 15.8. The molecule has 0 spiro atoms. The van der Waals surface area contributed by atoms with Gasteiger partial charge in [0, 0.05) is 0 Å². The molecule has 0 fully saturated rings. The highest BCUT2D eigenvalue weighted by atomic mass is 32.2. The molecular weight excluding hydrogens is 248 g/mol. The SMILES string of the molecule is O=S(=O)(O)c1cccc(C=Cc2ccccc2)c1. The van der Waals surface area contributed by atoms with Crippen LogP contribution in [0.25, 0.3) is 12.2 Å². The van der Waals surface area contributed by atoms with E-state index in [9.17, 15) is 8.42 Å². The normalized spacial score (nSPS) is 11.8. The van der Waals surface area contributed by atoms with Gasteiger partial charge in [0.15, 0.2) is 0 Å². The fourth-order valence-electron chi connectivity index (χ4n) is 1.54. The van der Waals surface area contributed by atoms with E-state index in [1.165, 1.54) is 12.1 Å². The minimum atomic E-state index is -4.14. The molecule has 92 valence electrons. The molecule has 2 rings (SSSR count). The van der Waals surface area contributed by atoms with Crippen LogP contribution in [0.15, 0.2) is 59.5 Å². The molecule has 0 aliphatic heterocycles. The molecule has 0 aliphatic rings. The van der Waals surface area contributed by atoms with Crippen molar-refractivity contribution >= 4 is 22.3 Å². The van der Waals surface area contributed by atoms with E-state index in [1.807, 2.05) is 36.4 Å². The third-order valence-corrected chi connectivity index (χ3v) is 3.27. The Hall–Kier alpha value is -1.91. The lowest BCUT2D eigenvalue weighted by atomic mass is 10.1. The van der Waals surface area contributed by atoms with Gasteiger partial charge in [-0.15, -0.1) is 0 Å². The van der Waals surface area contributed by atoms with Crippen LogP contribution in [-0.2, 0) is 10.1 Å². The Labute approximate surface area is 106 Å². The third kappa shape index (κ3) is 3.29. The molecule has 0 saturated heterocycles. The molecule has 0 aromatic heterocycles. The number of benzene rings is 2. The average molecular weight is 260 g/mol. The summed E-state index contributed by atoms with van der Waals surface area (Å²) in [6.07, 6.45) is 3.67. The highest BCUT2D eigenvalue weighted by molar-refractivity contribution is 7.85. The second-order valence-corrected chi connectivity index (χ2v) is 5.21. The molecule has 0 atom stereocenters. The molecule has 4 heteroatoms. The highest BCUT2D eigenvalue weighted by Gasteiger charge is 2.08. The molecule has 0 aliphatic carbocycles. The molecular formula is C14H12O3S. The first-order chi connectivity index (χ1) is 8.55. The second kappa shape index (κ2) is 5.16. The Morgan fingerprint density at radius 1 is 0.833 bits per heavy atom. The predicted molar refractivity (Wildman–Crippen MR) is 71.6 cm³/mol. The van der Waals surface area contributed by atoms with Crippen LogP contribution in [0.5, 0.6) is 0 Å². The van der Waals surface area contributed by atoms with E-state index in [2.05, 4.69) is 0 Å². The van der Waals surface area contributed by atoms with Crippen molar-refractivity contribution in [1.29, 1.82) is 0 Å². The molecule has 0 amide bonds. The van der Waals surface area contributed by atoms with Gasteiger partial charge in [-0.3, -0.25) is 4.55 Å². The first-order valence-corrected chi connectivity index (χ1v) is 6.80. The van der Waals surface area contributed by atoms with E-state index in [1.54, 1.807) is 18.2 Å². The van der Waals surface area contributed by atoms with E-state index in [4.69, 9.17) is 4.55 Å². The molecule has 0 bridgehead atoms. The summed E-state index contributed by atoms with van der Waals surface area (Å²) in [7, 11) is -4.14. The summed E-state index contributed by atoms with van der Waals surface area (Å²) in [5.74, 6) is 0. The number of hydrogen-bond donors (Lipinski definition) is 1. The van der Waals surface area contributed by atoms with Crippen LogP contribution in [0, 0.1) is 0 Å². The van der Waals surface area contributed by atoms with E-state index in [0.717, 1.165) is 5.56 Å². The molecule has 0 unspecified atom stereocenters. The maximum Gasteiger partial charge on any atom is 0.294 e. The molecule has 2 aromatic carbocycles. The van der Waals surface area contributed by atoms with Crippen LogP contribution in [0.3, 0.4) is 0 Å². The highest BCUT2D eigenvalue weighted by Crippen LogP contribution is 2.13. The first kappa shape index (κ1) is 12.5. The molecule has 1 N–H and O–H groups in total. The van der Waals surface area contributed by atoms with Gasteiger partial charge < -0.3 is 0 Å². The average Bonchev–Trinajstić information content (AvgIpc) is 2.37. The smallest absolute Gasteiger partial charge is 0.282 e. The lowest BCUT2D eigenvalue weighted by Gasteiger charge is -1.98. The molecule has 0 radical (unpaired) electrons. The maximum atomic E-state index is 11.0. The van der Waals surface area contributed by atoms with Crippen molar-refractivity contribution < 1.29 is 13.0 Å². The third-order valence-electron chi connectivity index (χ3n) is 2.42. The van der Waals surface area contributed by atoms with E-state index >= 15 is 0 Å². The lowest BCUT2D eigenvalue weighted by molar-refractivity contribution is 0.483. The van der Waals surface area contributed by atoms with Gasteiger partial charge in [0.1, 0.15) is 0 Å². The standard InChI is InChI=1S/C14H12O3S/c15-18(16,17)14-8-4-7-13(11-14)10-9-12-5-2-1-3-6-12/h1-11H,(H,15,16,17). The van der Waals surface area contributed by atoms with Crippen LogP contribution in [-0.4, -0.2) is 13.0 Å². The van der Waals surface area contributed by atoms with Gasteiger partial charge in [0.2, 0.25) is 0 Å². The van der Waals surface area contributed by atoms with Crippen molar-refractivity contribution in [3.8, 4) is 0 Å². The Morgan fingerprint density at radius 3 is 2.11 bits per heavy atom. The Kier molecular flexibility index (Phi) is 3.60. The van der Waals surface area contributed by atoms with Gasteiger partial charge in [0.25, 0.3) is 10.1 Å². The largest absolute Gasteiger partial charge is 0.294 e. The van der Waals surface area contributed by atoms with Crippen molar-refractivity contribution in [1.82, 2.24) is 0 Å². The minimum absolute atomic E-state index is 0.0993. The van der Waals surface area contributed by atoms with Crippen LogP contribution in [0.1, 0.15) is 11.1 Å². The maximum absolute atomic E-state index is 11.0. The zero-order valence-electron chi connectivity index (χ0n) is 9.52. The predicted octanol–water partition coefficient (Wildman–Crippen LogP) is 3.10. The topological polar surface area (TPSA) is 54.4 Å². The van der Waals surface area contributed by atoms with Crippen LogP contribution >= 0.6 is 0 Å². The zero-order chi connectivity index (χ0) is 13.0. The van der Waals surface area contributed by atoms with E-state index < -0.39 is 10.1 Å². The van der Waals surface area contributed by atoms with Crippen molar-refractivity contribution in [3.63, 3.8) is 0 Å². The Morgan fingerprint density at radius 2 is 1.44 bits per heavy atom. The fourth-order valence-corrected chi connectivity index (χ4v) is 2.07. The molecule has 18 heavy (non-hydrogen) atoms. The van der Waals surface area contributed by atoms with Gasteiger partial charge in [-0.05, 0) is 23.3 Å². The van der Waals surface area contributed by atoms with Crippen molar-refractivity contribution in [2.45, 2.75) is 4.90 Å². The molecule has 2 aromatic rings. The zero-order valence-corrected chi connectivity index (χ0v) is 10.3. The van der Waals surface area contributed by atoms with Crippen molar-refractivity contribution in [2.24, 2.45) is 0 Å². The Balaban J connectivity index is 2.28. The summed E-state index contributed by atoms with van der Waals surface area (Å²) in [6.45, 7) is 0. The van der Waals surface area contributed by atoms with E-state index in [0.29, 0.717) is 5.56 Å². The van der Waals surface area contributed by atoms with Crippen molar-refractivity contribution in [3.05, 3.63) is 65.7 Å². The fraction of sp³-hybridized carbons (Fsp3) is 0. The second-order valence-electron chi connectivity index (χ2n) is 3.79. The van der Waals surface area contributed by atoms with Gasteiger partial charge in [-0.2, -0.15) is 8.42 Å². The van der Waals surface area contributed by atoms with Gasteiger partial charge in [-0.1, -0.05) is 54.6 Å². The summed E-state index contributed by atoms with van der Waals surface area (Å²) >= 11 is 0. The summed E-state index contributed by atoms with van der Waals surface area (Å²) in [5.41, 5.74) is 1.74. The summed E-state index contributed by atoms with van der Waals surface area (Å²) in [4.78, 5) is -0.0993. The quantitative estimate of drug-likeness (QED) is 0.681. The van der Waals surface area contributed by atoms with Gasteiger partial charge in [0.05, 0.1) is 4.90 Å². The van der Waals surface area contributed by atoms with Gasteiger partial charge >= 0.3 is 0 Å².